The summed E-state index contributed by atoms with van der Waals surface area (Å²) in [5, 5.41) is 0.946. The minimum absolute atomic E-state index is 0.0189. The van der Waals surface area contributed by atoms with E-state index in [-0.39, 0.29) is 5.91 Å². The lowest BCUT2D eigenvalue weighted by molar-refractivity contribution is 0.0827. The fraction of sp³-hybridized carbons (Fsp3) is 0.211. The van der Waals surface area contributed by atoms with Crippen molar-refractivity contribution in [3.63, 3.8) is 0 Å². The number of aryl methyl sites for hydroxylation is 1. The summed E-state index contributed by atoms with van der Waals surface area (Å²) in [6.45, 7) is 1.99. The number of benzene rings is 2. The Kier molecular flexibility index (Phi) is 4.81. The SMILES string of the molecule is Cc1nc2ccccc2nc1SCc1ccc(C(=O)N(C)C)cc1. The Morgan fingerprint density at radius 1 is 1.00 bits per heavy atom. The van der Waals surface area contributed by atoms with E-state index in [4.69, 9.17) is 4.98 Å². The van der Waals surface area contributed by atoms with Crippen molar-refractivity contribution in [2.45, 2.75) is 17.7 Å². The maximum atomic E-state index is 11.9. The molecule has 3 aromatic rings. The molecule has 0 saturated heterocycles. The third-order valence-electron chi connectivity index (χ3n) is 3.68. The van der Waals surface area contributed by atoms with Crippen LogP contribution in [0, 0.1) is 6.92 Å². The first-order valence-electron chi connectivity index (χ1n) is 7.71. The lowest BCUT2D eigenvalue weighted by Crippen LogP contribution is -2.21. The first kappa shape index (κ1) is 16.5. The van der Waals surface area contributed by atoms with E-state index in [1.165, 1.54) is 0 Å². The van der Waals surface area contributed by atoms with Crippen LogP contribution in [-0.4, -0.2) is 34.9 Å². The van der Waals surface area contributed by atoms with Crippen LogP contribution in [0.15, 0.2) is 53.6 Å². The maximum absolute atomic E-state index is 11.9. The van der Waals surface area contributed by atoms with Gasteiger partial charge in [-0.2, -0.15) is 0 Å². The number of hydrogen-bond acceptors (Lipinski definition) is 4. The number of thioether (sulfide) groups is 1. The molecule has 5 heteroatoms. The highest BCUT2D eigenvalue weighted by Gasteiger charge is 2.09. The molecule has 0 N–H and O–H groups in total. The van der Waals surface area contributed by atoms with Crippen LogP contribution in [0.3, 0.4) is 0 Å². The van der Waals surface area contributed by atoms with Crippen LogP contribution in [0.1, 0.15) is 21.6 Å². The number of hydrogen-bond donors (Lipinski definition) is 0. The summed E-state index contributed by atoms with van der Waals surface area (Å²) in [7, 11) is 3.51. The lowest BCUT2D eigenvalue weighted by atomic mass is 10.1. The normalized spacial score (nSPS) is 10.8. The van der Waals surface area contributed by atoms with Crippen LogP contribution >= 0.6 is 11.8 Å². The first-order valence-corrected chi connectivity index (χ1v) is 8.70. The zero-order chi connectivity index (χ0) is 17.1. The Labute approximate surface area is 145 Å². The van der Waals surface area contributed by atoms with E-state index in [0.717, 1.165) is 33.1 Å². The Balaban J connectivity index is 1.74. The molecule has 0 unspecified atom stereocenters. The van der Waals surface area contributed by atoms with Crippen molar-refractivity contribution in [1.29, 1.82) is 0 Å². The summed E-state index contributed by atoms with van der Waals surface area (Å²) in [4.78, 5) is 22.8. The number of carbonyl (C=O) groups is 1. The second kappa shape index (κ2) is 7.01. The van der Waals surface area contributed by atoms with E-state index in [1.807, 2.05) is 55.5 Å². The van der Waals surface area contributed by atoms with Crippen molar-refractivity contribution < 1.29 is 4.79 Å². The average molecular weight is 337 g/mol. The molecule has 0 fully saturated rings. The number of para-hydroxylation sites is 2. The smallest absolute Gasteiger partial charge is 0.253 e. The summed E-state index contributed by atoms with van der Waals surface area (Å²) >= 11 is 1.67. The molecule has 0 aliphatic rings. The number of rotatable bonds is 4. The number of aromatic nitrogens is 2. The van der Waals surface area contributed by atoms with Gasteiger partial charge in [0.15, 0.2) is 0 Å². The number of carbonyl (C=O) groups excluding carboxylic acids is 1. The summed E-state index contributed by atoms with van der Waals surface area (Å²) in [5.74, 6) is 0.815. The van der Waals surface area contributed by atoms with Crippen LogP contribution in [0.2, 0.25) is 0 Å². The minimum Gasteiger partial charge on any atom is -0.345 e. The summed E-state index contributed by atoms with van der Waals surface area (Å²) in [6, 6.07) is 15.6. The van der Waals surface area contributed by atoms with Gasteiger partial charge in [0.25, 0.3) is 5.91 Å². The third kappa shape index (κ3) is 3.57. The summed E-state index contributed by atoms with van der Waals surface area (Å²) < 4.78 is 0. The molecule has 2 aromatic carbocycles. The molecule has 0 atom stereocenters. The van der Waals surface area contributed by atoms with Gasteiger partial charge in [-0.1, -0.05) is 36.0 Å². The van der Waals surface area contributed by atoms with E-state index >= 15 is 0 Å². The van der Waals surface area contributed by atoms with Crippen molar-refractivity contribution >= 4 is 28.7 Å². The molecule has 0 aliphatic carbocycles. The molecule has 1 aromatic heterocycles. The van der Waals surface area contributed by atoms with Gasteiger partial charge in [-0.05, 0) is 36.8 Å². The van der Waals surface area contributed by atoms with E-state index in [1.54, 1.807) is 30.8 Å². The maximum Gasteiger partial charge on any atom is 0.253 e. The Hall–Kier alpha value is -2.40. The standard InChI is InChI=1S/C19H19N3OS/c1-13-18(21-17-7-5-4-6-16(17)20-13)24-12-14-8-10-15(11-9-14)19(23)22(2)3/h4-11H,12H2,1-3H3. The van der Waals surface area contributed by atoms with Crippen molar-refractivity contribution in [2.24, 2.45) is 0 Å². The van der Waals surface area contributed by atoms with Gasteiger partial charge in [0.2, 0.25) is 0 Å². The monoisotopic (exact) mass is 337 g/mol. The molecule has 0 bridgehead atoms. The van der Waals surface area contributed by atoms with Crippen molar-refractivity contribution in [3.05, 3.63) is 65.4 Å². The van der Waals surface area contributed by atoms with Crippen LogP contribution in [0.25, 0.3) is 11.0 Å². The van der Waals surface area contributed by atoms with Gasteiger partial charge in [0.1, 0.15) is 5.03 Å². The zero-order valence-corrected chi connectivity index (χ0v) is 14.8. The molecule has 4 nitrogen and oxygen atoms in total. The summed E-state index contributed by atoms with van der Waals surface area (Å²) in [6.07, 6.45) is 0. The van der Waals surface area contributed by atoms with Crippen molar-refractivity contribution in [1.82, 2.24) is 14.9 Å². The fourth-order valence-electron chi connectivity index (χ4n) is 2.36. The fourth-order valence-corrected chi connectivity index (χ4v) is 3.28. The van der Waals surface area contributed by atoms with Gasteiger partial charge in [0, 0.05) is 25.4 Å². The van der Waals surface area contributed by atoms with Crippen LogP contribution < -0.4 is 0 Å². The third-order valence-corrected chi connectivity index (χ3v) is 4.82. The molecule has 0 saturated carbocycles. The van der Waals surface area contributed by atoms with E-state index in [2.05, 4.69) is 4.98 Å². The molecule has 1 amide bonds. The molecule has 0 radical (unpaired) electrons. The molecule has 3 rings (SSSR count). The number of fused-ring (bicyclic) bond motifs is 1. The van der Waals surface area contributed by atoms with Crippen LogP contribution in [-0.2, 0) is 5.75 Å². The van der Waals surface area contributed by atoms with Gasteiger partial charge in [-0.3, -0.25) is 4.79 Å². The van der Waals surface area contributed by atoms with Crippen LogP contribution in [0.4, 0.5) is 0 Å². The lowest BCUT2D eigenvalue weighted by Gasteiger charge is -2.10. The molecule has 1 heterocycles. The van der Waals surface area contributed by atoms with Crippen molar-refractivity contribution in [3.8, 4) is 0 Å². The van der Waals surface area contributed by atoms with Gasteiger partial charge in [-0.25, -0.2) is 9.97 Å². The molecular weight excluding hydrogens is 318 g/mol. The average Bonchev–Trinajstić information content (AvgIpc) is 2.59. The number of amides is 1. The highest BCUT2D eigenvalue weighted by molar-refractivity contribution is 7.98. The Bertz CT molecular complexity index is 875. The van der Waals surface area contributed by atoms with E-state index in [0.29, 0.717) is 5.56 Å². The van der Waals surface area contributed by atoms with Gasteiger partial charge in [0.05, 0.1) is 16.7 Å². The molecule has 122 valence electrons. The summed E-state index contributed by atoms with van der Waals surface area (Å²) in [5.41, 5.74) is 4.64. The van der Waals surface area contributed by atoms with E-state index < -0.39 is 0 Å². The molecule has 0 spiro atoms. The molecular formula is C19H19N3OS. The van der Waals surface area contributed by atoms with Gasteiger partial charge < -0.3 is 4.90 Å². The quantitative estimate of drug-likeness (QED) is 0.677. The van der Waals surface area contributed by atoms with Gasteiger partial charge in [-0.15, -0.1) is 0 Å². The highest BCUT2D eigenvalue weighted by Crippen LogP contribution is 2.25. The predicted molar refractivity (Wildman–Crippen MR) is 98.3 cm³/mol. The van der Waals surface area contributed by atoms with E-state index in [9.17, 15) is 4.79 Å². The zero-order valence-electron chi connectivity index (χ0n) is 14.0. The topological polar surface area (TPSA) is 46.1 Å². The number of nitrogens with zero attached hydrogens (tertiary/aromatic N) is 3. The molecule has 24 heavy (non-hydrogen) atoms. The van der Waals surface area contributed by atoms with Crippen molar-refractivity contribution in [2.75, 3.05) is 14.1 Å². The largest absolute Gasteiger partial charge is 0.345 e. The molecule has 0 aliphatic heterocycles. The second-order valence-corrected chi connectivity index (χ2v) is 6.75. The Morgan fingerprint density at radius 2 is 1.62 bits per heavy atom. The van der Waals surface area contributed by atoms with Gasteiger partial charge >= 0.3 is 0 Å². The highest BCUT2D eigenvalue weighted by atomic mass is 32.2. The Morgan fingerprint density at radius 3 is 2.25 bits per heavy atom. The second-order valence-electron chi connectivity index (χ2n) is 5.79. The predicted octanol–water partition coefficient (Wildman–Crippen LogP) is 3.93. The minimum atomic E-state index is 0.0189. The van der Waals surface area contributed by atoms with Crippen LogP contribution in [0.5, 0.6) is 0 Å². The first-order chi connectivity index (χ1) is 11.5.